The lowest BCUT2D eigenvalue weighted by molar-refractivity contribution is 0.257. The van der Waals surface area contributed by atoms with Crippen molar-refractivity contribution in [3.8, 4) is 0 Å². The molecule has 11 heavy (non-hydrogen) atoms. The highest BCUT2D eigenvalue weighted by Crippen LogP contribution is 2.35. The van der Waals surface area contributed by atoms with Gasteiger partial charge in [-0.15, -0.1) is 11.6 Å². The van der Waals surface area contributed by atoms with Crippen molar-refractivity contribution in [3.63, 3.8) is 0 Å². The van der Waals surface area contributed by atoms with Crippen molar-refractivity contribution < 1.29 is 0 Å². The van der Waals surface area contributed by atoms with Gasteiger partial charge in [-0.2, -0.15) is 0 Å². The van der Waals surface area contributed by atoms with Crippen molar-refractivity contribution in [1.82, 2.24) is 0 Å². The van der Waals surface area contributed by atoms with Gasteiger partial charge in [-0.25, -0.2) is 0 Å². The van der Waals surface area contributed by atoms with Crippen LogP contribution in [0.25, 0.3) is 0 Å². The van der Waals surface area contributed by atoms with E-state index in [2.05, 4.69) is 27.4 Å². The van der Waals surface area contributed by atoms with E-state index in [9.17, 15) is 0 Å². The van der Waals surface area contributed by atoms with E-state index < -0.39 is 0 Å². The maximum Gasteiger partial charge on any atom is 0.0283 e. The minimum atomic E-state index is 0.0976. The molecule has 0 aliphatic heterocycles. The van der Waals surface area contributed by atoms with Gasteiger partial charge in [0.05, 0.1) is 0 Å². The highest BCUT2D eigenvalue weighted by Gasteiger charge is 2.27. The molecule has 0 saturated carbocycles. The van der Waals surface area contributed by atoms with E-state index in [1.807, 2.05) is 0 Å². The Morgan fingerprint density at radius 2 is 2.00 bits per heavy atom. The molecule has 0 aliphatic carbocycles. The number of hydrogen-bond donors (Lipinski definition) is 0. The number of alkyl halides is 1. The van der Waals surface area contributed by atoms with Gasteiger partial charge in [0.15, 0.2) is 0 Å². The normalized spacial score (nSPS) is 16.5. The number of allylic oxidation sites excluding steroid dienone is 1. The summed E-state index contributed by atoms with van der Waals surface area (Å²) in [5.41, 5.74) is 0.0976. The van der Waals surface area contributed by atoms with Gasteiger partial charge in [0.25, 0.3) is 0 Å². The third-order valence-corrected chi connectivity index (χ3v) is 3.04. The molecule has 0 aliphatic rings. The maximum atomic E-state index is 5.85. The third kappa shape index (κ3) is 3.48. The number of halogens is 2. The predicted octanol–water partition coefficient (Wildman–Crippen LogP) is 4.03. The van der Waals surface area contributed by atoms with Gasteiger partial charge >= 0.3 is 0 Å². The molecule has 0 bridgehead atoms. The van der Waals surface area contributed by atoms with Gasteiger partial charge in [-0.1, -0.05) is 39.0 Å². The van der Waals surface area contributed by atoms with Crippen LogP contribution in [0.1, 0.15) is 27.2 Å². The predicted molar refractivity (Wildman–Crippen MR) is 53.3 cm³/mol. The Bertz CT molecular complexity index is 140. The first-order chi connectivity index (χ1) is 4.92. The Labute approximate surface area is 79.6 Å². The van der Waals surface area contributed by atoms with Crippen LogP contribution in [0.3, 0.4) is 0 Å². The van der Waals surface area contributed by atoms with Gasteiger partial charge in [0.1, 0.15) is 0 Å². The second kappa shape index (κ2) is 4.37. The lowest BCUT2D eigenvalue weighted by Gasteiger charge is -2.31. The summed E-state index contributed by atoms with van der Waals surface area (Å²) in [5, 5.41) is 0.696. The molecule has 0 saturated heterocycles. The Balaban J connectivity index is 4.22. The number of hydrogen-bond acceptors (Lipinski definition) is 0. The fourth-order valence-corrected chi connectivity index (χ4v) is 1.55. The van der Waals surface area contributed by atoms with Gasteiger partial charge in [0.2, 0.25) is 0 Å². The summed E-state index contributed by atoms with van der Waals surface area (Å²) in [6.45, 7) is 10.1. The van der Waals surface area contributed by atoms with Crippen molar-refractivity contribution in [2.75, 3.05) is 5.88 Å². The molecule has 0 aromatic heterocycles. The average Bonchev–Trinajstić information content (AvgIpc) is 1.86. The second-order valence-electron chi connectivity index (χ2n) is 3.64. The zero-order valence-electron chi connectivity index (χ0n) is 7.45. The Hall–Kier alpha value is 0.320. The van der Waals surface area contributed by atoms with E-state index in [4.69, 9.17) is 23.2 Å². The molecule has 66 valence electrons. The fourth-order valence-electron chi connectivity index (χ4n) is 0.844. The fraction of sp³-hybridized carbons (Fsp3) is 0.778. The molecule has 0 aromatic rings. The SMILES string of the molecule is C=C(Cl)CC(C)(CCl)C(C)C. The van der Waals surface area contributed by atoms with E-state index in [1.165, 1.54) is 0 Å². The monoisotopic (exact) mass is 194 g/mol. The molecule has 0 fully saturated rings. The molecular formula is C9H16Cl2. The van der Waals surface area contributed by atoms with E-state index in [0.717, 1.165) is 6.42 Å². The van der Waals surface area contributed by atoms with Gasteiger partial charge in [0, 0.05) is 10.9 Å². The first-order valence-corrected chi connectivity index (χ1v) is 4.73. The first-order valence-electron chi connectivity index (χ1n) is 3.81. The van der Waals surface area contributed by atoms with Crippen LogP contribution in [0.5, 0.6) is 0 Å². The lowest BCUT2D eigenvalue weighted by Crippen LogP contribution is -2.25. The Morgan fingerprint density at radius 1 is 1.55 bits per heavy atom. The van der Waals surface area contributed by atoms with Crippen LogP contribution in [-0.2, 0) is 0 Å². The summed E-state index contributed by atoms with van der Waals surface area (Å²) in [4.78, 5) is 0. The van der Waals surface area contributed by atoms with Gasteiger partial charge in [-0.3, -0.25) is 0 Å². The van der Waals surface area contributed by atoms with E-state index in [1.54, 1.807) is 0 Å². The number of rotatable bonds is 4. The summed E-state index contributed by atoms with van der Waals surface area (Å²) in [7, 11) is 0. The highest BCUT2D eigenvalue weighted by molar-refractivity contribution is 6.29. The summed E-state index contributed by atoms with van der Waals surface area (Å²) in [6.07, 6.45) is 0.801. The van der Waals surface area contributed by atoms with Crippen molar-refractivity contribution in [2.24, 2.45) is 11.3 Å². The minimum absolute atomic E-state index is 0.0976. The van der Waals surface area contributed by atoms with Gasteiger partial charge in [-0.05, 0) is 17.8 Å². The lowest BCUT2D eigenvalue weighted by atomic mass is 9.78. The van der Waals surface area contributed by atoms with Crippen molar-refractivity contribution >= 4 is 23.2 Å². The molecule has 2 heteroatoms. The smallest absolute Gasteiger partial charge is 0.0283 e. The van der Waals surface area contributed by atoms with Crippen LogP contribution >= 0.6 is 23.2 Å². The molecule has 0 rings (SSSR count). The van der Waals surface area contributed by atoms with Crippen LogP contribution in [0.15, 0.2) is 11.6 Å². The molecule has 0 heterocycles. The van der Waals surface area contributed by atoms with Crippen molar-refractivity contribution in [3.05, 3.63) is 11.6 Å². The molecule has 0 aromatic carbocycles. The molecule has 0 radical (unpaired) electrons. The molecule has 1 unspecified atom stereocenters. The summed E-state index contributed by atoms with van der Waals surface area (Å²) < 4.78 is 0. The topological polar surface area (TPSA) is 0 Å². The van der Waals surface area contributed by atoms with Gasteiger partial charge < -0.3 is 0 Å². The van der Waals surface area contributed by atoms with Crippen LogP contribution in [0.4, 0.5) is 0 Å². The minimum Gasteiger partial charge on any atom is -0.126 e. The largest absolute Gasteiger partial charge is 0.126 e. The van der Waals surface area contributed by atoms with Crippen LogP contribution < -0.4 is 0 Å². The second-order valence-corrected chi connectivity index (χ2v) is 4.44. The van der Waals surface area contributed by atoms with Crippen molar-refractivity contribution in [2.45, 2.75) is 27.2 Å². The third-order valence-electron chi connectivity index (χ3n) is 2.29. The molecule has 0 N–H and O–H groups in total. The van der Waals surface area contributed by atoms with Crippen LogP contribution in [-0.4, -0.2) is 5.88 Å². The molecule has 0 nitrogen and oxygen atoms in total. The summed E-state index contributed by atoms with van der Waals surface area (Å²) in [5.74, 6) is 1.17. The molecule has 1 atom stereocenters. The quantitative estimate of drug-likeness (QED) is 0.594. The molecule has 0 spiro atoms. The zero-order chi connectivity index (χ0) is 9.07. The standard InChI is InChI=1S/C9H16Cl2/c1-7(2)9(4,6-10)5-8(3)11/h7H,3,5-6H2,1-2,4H3. The maximum absolute atomic E-state index is 5.85. The first kappa shape index (κ1) is 11.3. The molecule has 0 amide bonds. The highest BCUT2D eigenvalue weighted by atomic mass is 35.5. The zero-order valence-corrected chi connectivity index (χ0v) is 8.97. The Morgan fingerprint density at radius 3 is 2.09 bits per heavy atom. The van der Waals surface area contributed by atoms with E-state index >= 15 is 0 Å². The summed E-state index contributed by atoms with van der Waals surface area (Å²) in [6, 6.07) is 0. The summed E-state index contributed by atoms with van der Waals surface area (Å²) >= 11 is 11.6. The van der Waals surface area contributed by atoms with Crippen LogP contribution in [0, 0.1) is 11.3 Å². The average molecular weight is 195 g/mol. The van der Waals surface area contributed by atoms with E-state index in [0.29, 0.717) is 16.8 Å². The van der Waals surface area contributed by atoms with E-state index in [-0.39, 0.29) is 5.41 Å². The Kier molecular flexibility index (Phi) is 4.50. The van der Waals surface area contributed by atoms with Crippen molar-refractivity contribution in [1.29, 1.82) is 0 Å². The molecular weight excluding hydrogens is 179 g/mol. The van der Waals surface area contributed by atoms with Crippen LogP contribution in [0.2, 0.25) is 0 Å².